The number of rotatable bonds is 16. The fraction of sp³-hybridized carbons (Fsp3) is 0.571. The summed E-state index contributed by atoms with van der Waals surface area (Å²) in [7, 11) is 0. The molecule has 2 rings (SSSR count). The van der Waals surface area contributed by atoms with E-state index in [1.165, 1.54) is 50.7 Å². The average Bonchev–Trinajstić information content (AvgIpc) is 2.83. The molecule has 0 aliphatic heterocycles. The number of allylic oxidation sites excluding steroid dienone is 2. The van der Waals surface area contributed by atoms with Gasteiger partial charge >= 0.3 is 12.1 Å². The number of amides is 1. The molecule has 206 valence electrons. The number of ether oxygens (including phenoxy) is 1. The van der Waals surface area contributed by atoms with Crippen LogP contribution in [-0.4, -0.2) is 40.2 Å². The van der Waals surface area contributed by atoms with Crippen molar-refractivity contribution in [3.05, 3.63) is 53.1 Å². The fourth-order valence-corrected chi connectivity index (χ4v) is 5.29. The first-order chi connectivity index (χ1) is 17.5. The zero-order valence-corrected chi connectivity index (χ0v) is 22.9. The van der Waals surface area contributed by atoms with E-state index in [4.69, 9.17) is 15.6 Å². The Labute approximate surface area is 225 Å². The summed E-state index contributed by atoms with van der Waals surface area (Å²) in [5, 5.41) is 9.10. The SMILES string of the molecule is CCCCCCCCCCCCC1=CC(Br)(C(F)(F)F)C(OCC(=O)O)C(c2ccccc2C(N)=O)=C1. The van der Waals surface area contributed by atoms with Crippen LogP contribution in [0.5, 0.6) is 0 Å². The number of hydrogen-bond donors (Lipinski definition) is 2. The van der Waals surface area contributed by atoms with Gasteiger partial charge in [-0.25, -0.2) is 4.79 Å². The van der Waals surface area contributed by atoms with Gasteiger partial charge in [-0.1, -0.05) is 111 Å². The molecule has 0 heterocycles. The van der Waals surface area contributed by atoms with Crippen LogP contribution in [0.1, 0.15) is 93.5 Å². The number of hydrogen-bond acceptors (Lipinski definition) is 3. The minimum atomic E-state index is -4.81. The molecule has 3 N–H and O–H groups in total. The van der Waals surface area contributed by atoms with Gasteiger partial charge in [0.1, 0.15) is 12.7 Å². The number of nitrogens with two attached hydrogens (primary N) is 1. The summed E-state index contributed by atoms with van der Waals surface area (Å²) in [5.41, 5.74) is 6.23. The van der Waals surface area contributed by atoms with Crippen molar-refractivity contribution < 1.29 is 32.6 Å². The normalized spacial score (nSPS) is 19.9. The van der Waals surface area contributed by atoms with E-state index in [0.29, 0.717) is 18.4 Å². The molecule has 1 aromatic rings. The van der Waals surface area contributed by atoms with Crippen molar-refractivity contribution in [1.29, 1.82) is 0 Å². The molecule has 1 aromatic carbocycles. The summed E-state index contributed by atoms with van der Waals surface area (Å²) in [6, 6.07) is 6.07. The first-order valence-corrected chi connectivity index (χ1v) is 13.7. The van der Waals surface area contributed by atoms with E-state index in [9.17, 15) is 22.8 Å². The van der Waals surface area contributed by atoms with Crippen molar-refractivity contribution in [2.24, 2.45) is 5.73 Å². The van der Waals surface area contributed by atoms with Crippen molar-refractivity contribution in [1.82, 2.24) is 0 Å². The quantitative estimate of drug-likeness (QED) is 0.154. The molecule has 2 atom stereocenters. The van der Waals surface area contributed by atoms with Gasteiger partial charge in [-0.05, 0) is 35.6 Å². The lowest BCUT2D eigenvalue weighted by molar-refractivity contribution is -0.171. The smallest absolute Gasteiger partial charge is 0.410 e. The first-order valence-electron chi connectivity index (χ1n) is 12.9. The molecule has 37 heavy (non-hydrogen) atoms. The van der Waals surface area contributed by atoms with Crippen molar-refractivity contribution in [2.45, 2.75) is 94.2 Å². The molecule has 0 fully saturated rings. The Morgan fingerprint density at radius 1 is 1.03 bits per heavy atom. The van der Waals surface area contributed by atoms with Crippen LogP contribution in [0.4, 0.5) is 13.2 Å². The van der Waals surface area contributed by atoms with E-state index in [2.05, 4.69) is 22.9 Å². The van der Waals surface area contributed by atoms with E-state index in [-0.39, 0.29) is 16.7 Å². The van der Waals surface area contributed by atoms with Crippen molar-refractivity contribution in [3.8, 4) is 0 Å². The minimum Gasteiger partial charge on any atom is -0.480 e. The van der Waals surface area contributed by atoms with Gasteiger partial charge in [-0.15, -0.1) is 0 Å². The summed E-state index contributed by atoms with van der Waals surface area (Å²) in [4.78, 5) is 23.2. The molecular weight excluding hydrogens is 551 g/mol. The Bertz CT molecular complexity index is 976. The van der Waals surface area contributed by atoms with E-state index in [1.807, 2.05) is 0 Å². The van der Waals surface area contributed by atoms with Gasteiger partial charge in [0.15, 0.2) is 4.32 Å². The minimum absolute atomic E-state index is 0.0369. The van der Waals surface area contributed by atoms with E-state index >= 15 is 0 Å². The van der Waals surface area contributed by atoms with E-state index in [0.717, 1.165) is 25.3 Å². The maximum atomic E-state index is 14.4. The summed E-state index contributed by atoms with van der Waals surface area (Å²) in [6.07, 6.45) is 7.64. The largest absolute Gasteiger partial charge is 0.480 e. The summed E-state index contributed by atoms with van der Waals surface area (Å²) in [5.74, 6) is -2.20. The lowest BCUT2D eigenvalue weighted by Gasteiger charge is -2.39. The van der Waals surface area contributed by atoms with Gasteiger partial charge in [0.2, 0.25) is 5.91 Å². The third kappa shape index (κ3) is 8.99. The third-order valence-electron chi connectivity index (χ3n) is 6.53. The van der Waals surface area contributed by atoms with Crippen LogP contribution in [0.2, 0.25) is 0 Å². The van der Waals surface area contributed by atoms with Crippen LogP contribution in [0.15, 0.2) is 42.0 Å². The second-order valence-electron chi connectivity index (χ2n) is 9.51. The number of carboxylic acid groups (broad SMARTS) is 1. The lowest BCUT2D eigenvalue weighted by Crippen LogP contribution is -2.51. The molecule has 0 bridgehead atoms. The summed E-state index contributed by atoms with van der Waals surface area (Å²) < 4.78 is 45.9. The van der Waals surface area contributed by atoms with E-state index < -0.39 is 35.1 Å². The number of aliphatic carboxylic acids is 1. The van der Waals surface area contributed by atoms with Gasteiger partial charge in [0.05, 0.1) is 0 Å². The van der Waals surface area contributed by atoms with E-state index in [1.54, 1.807) is 18.2 Å². The van der Waals surface area contributed by atoms with Crippen LogP contribution in [-0.2, 0) is 9.53 Å². The standard InChI is InChI=1S/C28H37BrF3NO4/c1-2-3-4-5-6-7-8-9-10-11-14-20-17-23(21-15-12-13-16-22(21)26(33)36)25(37-19-24(34)35)27(29,18-20)28(30,31)32/h12-13,15-18,25H,2-11,14,19H2,1H3,(H2,33,36)(H,34,35). The molecule has 1 aliphatic rings. The van der Waals surface area contributed by atoms with Crippen LogP contribution in [0, 0.1) is 0 Å². The number of unbranched alkanes of at least 4 members (excludes halogenated alkanes) is 9. The van der Waals surface area contributed by atoms with Gasteiger partial charge in [0.25, 0.3) is 0 Å². The molecule has 0 radical (unpaired) electrons. The summed E-state index contributed by atoms with van der Waals surface area (Å²) >= 11 is 2.87. The van der Waals surface area contributed by atoms with Crippen LogP contribution in [0.3, 0.4) is 0 Å². The zero-order valence-electron chi connectivity index (χ0n) is 21.3. The molecule has 9 heteroatoms. The van der Waals surface area contributed by atoms with Crippen LogP contribution < -0.4 is 5.73 Å². The van der Waals surface area contributed by atoms with Gasteiger partial charge in [-0.3, -0.25) is 4.79 Å². The van der Waals surface area contributed by atoms with Crippen molar-refractivity contribution in [2.75, 3.05) is 6.61 Å². The number of carboxylic acids is 1. The highest BCUT2D eigenvalue weighted by Crippen LogP contribution is 2.51. The maximum Gasteiger partial charge on any atom is 0.410 e. The van der Waals surface area contributed by atoms with Gasteiger partial charge < -0.3 is 15.6 Å². The monoisotopic (exact) mass is 587 g/mol. The highest BCUT2D eigenvalue weighted by molar-refractivity contribution is 9.10. The number of alkyl halides is 4. The number of primary amides is 1. The molecule has 2 unspecified atom stereocenters. The Hall–Kier alpha value is -2.13. The molecule has 0 spiro atoms. The topological polar surface area (TPSA) is 89.6 Å². The third-order valence-corrected chi connectivity index (χ3v) is 7.63. The molecule has 0 aromatic heterocycles. The summed E-state index contributed by atoms with van der Waals surface area (Å²) in [6.45, 7) is 1.25. The predicted octanol–water partition coefficient (Wildman–Crippen LogP) is 7.59. The number of benzene rings is 1. The Morgan fingerprint density at radius 3 is 2.14 bits per heavy atom. The fourth-order valence-electron chi connectivity index (χ4n) is 4.61. The van der Waals surface area contributed by atoms with Crippen LogP contribution >= 0.6 is 15.9 Å². The number of carbonyl (C=O) groups excluding carboxylic acids is 1. The first kappa shape index (κ1) is 31.1. The number of halogens is 4. The van der Waals surface area contributed by atoms with Crippen LogP contribution in [0.25, 0.3) is 5.57 Å². The molecule has 5 nitrogen and oxygen atoms in total. The molecule has 0 saturated heterocycles. The zero-order chi connectivity index (χ0) is 27.5. The second kappa shape index (κ2) is 14.7. The highest BCUT2D eigenvalue weighted by atomic mass is 79.9. The molecule has 1 amide bonds. The average molecular weight is 589 g/mol. The molecule has 0 saturated carbocycles. The molecular formula is C28H37BrF3NO4. The predicted molar refractivity (Wildman–Crippen MR) is 143 cm³/mol. The lowest BCUT2D eigenvalue weighted by atomic mass is 9.80. The highest BCUT2D eigenvalue weighted by Gasteiger charge is 2.59. The van der Waals surface area contributed by atoms with Gasteiger partial charge in [0, 0.05) is 5.56 Å². The van der Waals surface area contributed by atoms with Gasteiger partial charge in [-0.2, -0.15) is 13.2 Å². The Morgan fingerprint density at radius 2 is 1.59 bits per heavy atom. The maximum absolute atomic E-state index is 14.4. The molecule has 1 aliphatic carbocycles. The number of carbonyl (C=O) groups is 2. The second-order valence-corrected chi connectivity index (χ2v) is 10.8. The van der Waals surface area contributed by atoms with Crippen molar-refractivity contribution >= 4 is 33.4 Å². The van der Waals surface area contributed by atoms with Crippen molar-refractivity contribution in [3.63, 3.8) is 0 Å². The Balaban J connectivity index is 2.24. The Kier molecular flexibility index (Phi) is 12.4.